The van der Waals surface area contributed by atoms with Gasteiger partial charge in [0.05, 0.1) is 7.11 Å². The van der Waals surface area contributed by atoms with Crippen molar-refractivity contribution in [2.75, 3.05) is 46.4 Å². The van der Waals surface area contributed by atoms with Gasteiger partial charge in [0.1, 0.15) is 5.60 Å². The van der Waals surface area contributed by atoms with Crippen molar-refractivity contribution in [3.05, 3.63) is 29.6 Å². The van der Waals surface area contributed by atoms with Crippen molar-refractivity contribution < 1.29 is 23.5 Å². The van der Waals surface area contributed by atoms with Gasteiger partial charge in [-0.1, -0.05) is 6.07 Å². The van der Waals surface area contributed by atoms with Crippen molar-refractivity contribution in [2.24, 2.45) is 5.92 Å². The molecule has 0 atom stereocenters. The highest BCUT2D eigenvalue weighted by Crippen LogP contribution is 2.23. The van der Waals surface area contributed by atoms with Crippen LogP contribution in [0.15, 0.2) is 18.2 Å². The summed E-state index contributed by atoms with van der Waals surface area (Å²) in [4.78, 5) is 31.0. The molecule has 7 nitrogen and oxygen atoms in total. The number of hydrogen-bond donors (Lipinski definition) is 0. The molecule has 2 aliphatic rings. The molecule has 2 aliphatic heterocycles. The van der Waals surface area contributed by atoms with E-state index in [1.165, 1.54) is 13.2 Å². The van der Waals surface area contributed by atoms with Crippen LogP contribution in [0.25, 0.3) is 0 Å². The van der Waals surface area contributed by atoms with Crippen molar-refractivity contribution in [1.82, 2.24) is 14.7 Å². The third-order valence-corrected chi connectivity index (χ3v) is 5.80. The minimum Gasteiger partial charge on any atom is -0.494 e. The second-order valence-electron chi connectivity index (χ2n) is 9.31. The fraction of sp³-hybridized carbons (Fsp3) is 0.652. The van der Waals surface area contributed by atoms with Crippen LogP contribution in [-0.4, -0.2) is 78.7 Å². The summed E-state index contributed by atoms with van der Waals surface area (Å²) in [6, 6.07) is 5.03. The molecule has 0 radical (unpaired) electrons. The van der Waals surface area contributed by atoms with Crippen LogP contribution in [0.5, 0.6) is 5.75 Å². The van der Waals surface area contributed by atoms with Gasteiger partial charge in [-0.05, 0) is 51.3 Å². The average Bonchev–Trinajstić information content (AvgIpc) is 2.73. The molecule has 0 unspecified atom stereocenters. The lowest BCUT2D eigenvalue weighted by Crippen LogP contribution is -2.51. The number of piperazine rings is 1. The van der Waals surface area contributed by atoms with Crippen molar-refractivity contribution in [3.8, 4) is 5.75 Å². The number of benzene rings is 1. The first-order chi connectivity index (χ1) is 14.7. The van der Waals surface area contributed by atoms with Crippen LogP contribution in [0.4, 0.5) is 9.18 Å². The highest BCUT2D eigenvalue weighted by molar-refractivity contribution is 5.79. The standard InChI is InChI=1S/C23H34FN3O4/c1-23(2,3)31-22(29)27-9-7-18(8-10-27)21(28)26-13-11-25(12-14-26)16-17-5-6-20(30-4)19(24)15-17/h5-6,15,18H,7-14,16H2,1-4H3. The van der Waals surface area contributed by atoms with E-state index in [9.17, 15) is 14.0 Å². The Kier molecular flexibility index (Phi) is 7.41. The van der Waals surface area contributed by atoms with Crippen LogP contribution in [0.1, 0.15) is 39.2 Å². The normalized spacial score (nSPS) is 18.7. The number of hydrogen-bond acceptors (Lipinski definition) is 5. The largest absolute Gasteiger partial charge is 0.494 e. The van der Waals surface area contributed by atoms with Gasteiger partial charge in [0.25, 0.3) is 0 Å². The lowest BCUT2D eigenvalue weighted by atomic mass is 9.95. The maximum atomic E-state index is 13.9. The molecular formula is C23H34FN3O4. The van der Waals surface area contributed by atoms with Crippen LogP contribution < -0.4 is 4.74 Å². The molecule has 172 valence electrons. The summed E-state index contributed by atoms with van der Waals surface area (Å²) >= 11 is 0. The van der Waals surface area contributed by atoms with Crippen LogP contribution in [0.2, 0.25) is 0 Å². The molecule has 1 aromatic carbocycles. The Morgan fingerprint density at radius 1 is 1.03 bits per heavy atom. The smallest absolute Gasteiger partial charge is 0.410 e. The van der Waals surface area contributed by atoms with Crippen LogP contribution in [-0.2, 0) is 16.1 Å². The molecule has 8 heteroatoms. The predicted molar refractivity (Wildman–Crippen MR) is 115 cm³/mol. The fourth-order valence-electron chi connectivity index (χ4n) is 4.09. The number of rotatable bonds is 4. The van der Waals surface area contributed by atoms with Gasteiger partial charge < -0.3 is 19.3 Å². The molecule has 2 heterocycles. The van der Waals surface area contributed by atoms with E-state index in [-0.39, 0.29) is 29.5 Å². The predicted octanol–water partition coefficient (Wildman–Crippen LogP) is 3.13. The molecule has 0 spiro atoms. The summed E-state index contributed by atoms with van der Waals surface area (Å²) < 4.78 is 24.3. The Bertz CT molecular complexity index is 780. The van der Waals surface area contributed by atoms with E-state index in [1.807, 2.05) is 31.7 Å². The maximum absolute atomic E-state index is 13.9. The molecule has 2 fully saturated rings. The molecule has 3 rings (SSSR count). The van der Waals surface area contributed by atoms with Gasteiger partial charge in [-0.25, -0.2) is 9.18 Å². The zero-order valence-electron chi connectivity index (χ0n) is 19.0. The Morgan fingerprint density at radius 2 is 1.68 bits per heavy atom. The minimum atomic E-state index is -0.513. The molecule has 1 aromatic rings. The number of amides is 2. The van der Waals surface area contributed by atoms with Crippen LogP contribution in [0.3, 0.4) is 0 Å². The zero-order chi connectivity index (χ0) is 22.6. The van der Waals surface area contributed by atoms with E-state index in [0.717, 1.165) is 18.7 Å². The number of piperidine rings is 1. The van der Waals surface area contributed by atoms with Gasteiger partial charge in [0, 0.05) is 51.7 Å². The molecule has 2 saturated heterocycles. The number of likely N-dealkylation sites (tertiary alicyclic amines) is 1. The molecule has 0 N–H and O–H groups in total. The summed E-state index contributed by atoms with van der Waals surface area (Å²) in [7, 11) is 1.45. The molecule has 0 bridgehead atoms. The van der Waals surface area contributed by atoms with E-state index in [0.29, 0.717) is 45.6 Å². The number of carbonyl (C=O) groups excluding carboxylic acids is 2. The average molecular weight is 436 g/mol. The Morgan fingerprint density at radius 3 is 2.23 bits per heavy atom. The van der Waals surface area contributed by atoms with Gasteiger partial charge in [-0.3, -0.25) is 9.69 Å². The number of nitrogens with zero attached hydrogens (tertiary/aromatic N) is 3. The summed E-state index contributed by atoms with van der Waals surface area (Å²) in [5, 5.41) is 0. The fourth-order valence-corrected chi connectivity index (χ4v) is 4.09. The second kappa shape index (κ2) is 9.85. The van der Waals surface area contributed by atoms with E-state index in [1.54, 1.807) is 11.0 Å². The van der Waals surface area contributed by atoms with Crippen molar-refractivity contribution >= 4 is 12.0 Å². The molecule has 2 amide bonds. The molecule has 0 saturated carbocycles. The topological polar surface area (TPSA) is 62.3 Å². The van der Waals surface area contributed by atoms with Gasteiger partial charge in [-0.2, -0.15) is 0 Å². The molecule has 0 aliphatic carbocycles. The molecule has 31 heavy (non-hydrogen) atoms. The first-order valence-corrected chi connectivity index (χ1v) is 11.0. The van der Waals surface area contributed by atoms with Gasteiger partial charge in [-0.15, -0.1) is 0 Å². The maximum Gasteiger partial charge on any atom is 0.410 e. The number of carbonyl (C=O) groups is 2. The van der Waals surface area contributed by atoms with Gasteiger partial charge >= 0.3 is 6.09 Å². The monoisotopic (exact) mass is 435 g/mol. The third kappa shape index (κ3) is 6.32. The first kappa shape index (κ1) is 23.3. The Labute approximate surface area is 184 Å². The highest BCUT2D eigenvalue weighted by Gasteiger charge is 2.33. The summed E-state index contributed by atoms with van der Waals surface area (Å²) in [5.41, 5.74) is 0.383. The van der Waals surface area contributed by atoms with E-state index in [2.05, 4.69) is 4.90 Å². The van der Waals surface area contributed by atoms with E-state index in [4.69, 9.17) is 9.47 Å². The number of methoxy groups -OCH3 is 1. The quantitative estimate of drug-likeness (QED) is 0.727. The minimum absolute atomic E-state index is 0.0408. The van der Waals surface area contributed by atoms with Crippen molar-refractivity contribution in [3.63, 3.8) is 0 Å². The van der Waals surface area contributed by atoms with Gasteiger partial charge in [0.2, 0.25) is 5.91 Å². The summed E-state index contributed by atoms with van der Waals surface area (Å²) in [6.45, 7) is 10.2. The SMILES string of the molecule is COc1ccc(CN2CCN(C(=O)C3CCN(C(=O)OC(C)(C)C)CC3)CC2)cc1F. The number of halogens is 1. The number of ether oxygens (including phenoxy) is 2. The highest BCUT2D eigenvalue weighted by atomic mass is 19.1. The second-order valence-corrected chi connectivity index (χ2v) is 9.31. The Hall–Kier alpha value is -2.35. The first-order valence-electron chi connectivity index (χ1n) is 11.0. The van der Waals surface area contributed by atoms with Crippen molar-refractivity contribution in [1.29, 1.82) is 0 Å². The van der Waals surface area contributed by atoms with E-state index < -0.39 is 5.60 Å². The van der Waals surface area contributed by atoms with Gasteiger partial charge in [0.15, 0.2) is 11.6 Å². The zero-order valence-corrected chi connectivity index (χ0v) is 19.0. The Balaban J connectivity index is 1.43. The van der Waals surface area contributed by atoms with Crippen molar-refractivity contribution in [2.45, 2.75) is 45.8 Å². The van der Waals surface area contributed by atoms with Crippen LogP contribution >= 0.6 is 0 Å². The van der Waals surface area contributed by atoms with E-state index >= 15 is 0 Å². The molecule has 0 aromatic heterocycles. The lowest BCUT2D eigenvalue weighted by molar-refractivity contribution is -0.139. The summed E-state index contributed by atoms with van der Waals surface area (Å²) in [6.07, 6.45) is 1.04. The lowest BCUT2D eigenvalue weighted by Gasteiger charge is -2.38. The van der Waals surface area contributed by atoms with Crippen LogP contribution in [0, 0.1) is 11.7 Å². The molecular weight excluding hydrogens is 401 g/mol. The summed E-state index contributed by atoms with van der Waals surface area (Å²) in [5.74, 6) is 0.0309. The third-order valence-electron chi connectivity index (χ3n) is 5.80.